The van der Waals surface area contributed by atoms with Gasteiger partial charge in [-0.1, -0.05) is 37.6 Å². The second-order valence-electron chi connectivity index (χ2n) is 6.22. The normalized spacial score (nSPS) is 18.6. The molecular formula is C17H18OS. The van der Waals surface area contributed by atoms with Gasteiger partial charge in [0.25, 0.3) is 0 Å². The van der Waals surface area contributed by atoms with Crippen molar-refractivity contribution in [2.75, 3.05) is 0 Å². The van der Waals surface area contributed by atoms with E-state index in [4.69, 9.17) is 0 Å². The van der Waals surface area contributed by atoms with Crippen molar-refractivity contribution in [3.05, 3.63) is 46.9 Å². The second kappa shape index (κ2) is 4.61. The van der Waals surface area contributed by atoms with Gasteiger partial charge in [-0.3, -0.25) is 4.79 Å². The summed E-state index contributed by atoms with van der Waals surface area (Å²) >= 11 is 1.79. The molecule has 1 aliphatic rings. The first kappa shape index (κ1) is 12.6. The minimum absolute atomic E-state index is 0.118. The highest BCUT2D eigenvalue weighted by molar-refractivity contribution is 7.17. The predicted molar refractivity (Wildman–Crippen MR) is 81.6 cm³/mol. The molecule has 0 N–H and O–H groups in total. The monoisotopic (exact) mass is 270 g/mol. The molecule has 0 saturated heterocycles. The summed E-state index contributed by atoms with van der Waals surface area (Å²) in [6.07, 6.45) is 4.50. The van der Waals surface area contributed by atoms with E-state index in [1.165, 1.54) is 21.2 Å². The third kappa shape index (κ3) is 2.64. The molecule has 1 aromatic carbocycles. The Balaban J connectivity index is 1.91. The van der Waals surface area contributed by atoms with E-state index in [1.54, 1.807) is 11.3 Å². The van der Waals surface area contributed by atoms with Crippen molar-refractivity contribution in [3.63, 3.8) is 0 Å². The molecule has 0 unspecified atom stereocenters. The summed E-state index contributed by atoms with van der Waals surface area (Å²) in [7, 11) is 0. The fourth-order valence-corrected chi connectivity index (χ4v) is 3.97. The van der Waals surface area contributed by atoms with Crippen LogP contribution >= 0.6 is 11.3 Å². The number of carbonyl (C=O) groups excluding carboxylic acids is 1. The molecule has 1 heterocycles. The van der Waals surface area contributed by atoms with Gasteiger partial charge in [-0.05, 0) is 46.7 Å². The summed E-state index contributed by atoms with van der Waals surface area (Å²) < 4.78 is 1.33. The molecule has 1 nitrogen and oxygen atoms in total. The lowest BCUT2D eigenvalue weighted by atomic mass is 9.75. The van der Waals surface area contributed by atoms with E-state index in [9.17, 15) is 4.79 Å². The maximum absolute atomic E-state index is 11.8. The molecule has 0 bridgehead atoms. The van der Waals surface area contributed by atoms with Gasteiger partial charge in [-0.15, -0.1) is 11.3 Å². The molecule has 19 heavy (non-hydrogen) atoms. The molecular weight excluding hydrogens is 252 g/mol. The first-order valence-corrected chi connectivity index (χ1v) is 7.59. The summed E-state index contributed by atoms with van der Waals surface area (Å²) in [6, 6.07) is 8.50. The van der Waals surface area contributed by atoms with Crippen LogP contribution in [0.5, 0.6) is 0 Å². The molecule has 0 radical (unpaired) electrons. The number of benzene rings is 1. The Morgan fingerprint density at radius 2 is 2.00 bits per heavy atom. The average molecular weight is 270 g/mol. The van der Waals surface area contributed by atoms with E-state index >= 15 is 0 Å². The van der Waals surface area contributed by atoms with Crippen LogP contribution in [-0.4, -0.2) is 5.78 Å². The Labute approximate surface area is 118 Å². The Bertz CT molecular complexity index is 661. The second-order valence-corrected chi connectivity index (χ2v) is 7.13. The third-order valence-electron chi connectivity index (χ3n) is 3.70. The molecule has 1 aromatic heterocycles. The molecule has 2 aromatic rings. The summed E-state index contributed by atoms with van der Waals surface area (Å²) in [5.41, 5.74) is 2.76. The first-order chi connectivity index (χ1) is 9.03. The van der Waals surface area contributed by atoms with Crippen molar-refractivity contribution in [2.45, 2.75) is 33.1 Å². The number of ketones is 1. The van der Waals surface area contributed by atoms with Crippen LogP contribution in [-0.2, 0) is 11.2 Å². The Morgan fingerprint density at radius 1 is 1.21 bits per heavy atom. The SMILES string of the molecule is CC1(C)CC(=O)C=C(Cc2csc3ccccc23)C1. The van der Waals surface area contributed by atoms with Gasteiger partial charge in [0.1, 0.15) is 0 Å². The highest BCUT2D eigenvalue weighted by atomic mass is 32.1. The summed E-state index contributed by atoms with van der Waals surface area (Å²) in [5.74, 6) is 0.283. The van der Waals surface area contributed by atoms with Gasteiger partial charge < -0.3 is 0 Å². The van der Waals surface area contributed by atoms with Crippen molar-refractivity contribution in [1.82, 2.24) is 0 Å². The van der Waals surface area contributed by atoms with Gasteiger partial charge in [0.05, 0.1) is 0 Å². The zero-order chi connectivity index (χ0) is 13.5. The highest BCUT2D eigenvalue weighted by Gasteiger charge is 2.27. The number of rotatable bonds is 2. The molecule has 0 fully saturated rings. The molecule has 0 amide bonds. The number of carbonyl (C=O) groups is 1. The van der Waals surface area contributed by atoms with Crippen LogP contribution in [0.4, 0.5) is 0 Å². The highest BCUT2D eigenvalue weighted by Crippen LogP contribution is 2.36. The van der Waals surface area contributed by atoms with Crippen LogP contribution in [0, 0.1) is 5.41 Å². The van der Waals surface area contributed by atoms with Gasteiger partial charge in [0, 0.05) is 11.1 Å². The van der Waals surface area contributed by atoms with Crippen LogP contribution < -0.4 is 0 Å². The van der Waals surface area contributed by atoms with Crippen molar-refractivity contribution in [2.24, 2.45) is 5.41 Å². The summed E-state index contributed by atoms with van der Waals surface area (Å²) in [4.78, 5) is 11.8. The average Bonchev–Trinajstić information content (AvgIpc) is 2.70. The number of hydrogen-bond acceptors (Lipinski definition) is 2. The molecule has 98 valence electrons. The van der Waals surface area contributed by atoms with Gasteiger partial charge in [0.15, 0.2) is 5.78 Å². The minimum Gasteiger partial charge on any atom is -0.295 e. The quantitative estimate of drug-likeness (QED) is 0.769. The topological polar surface area (TPSA) is 17.1 Å². The maximum atomic E-state index is 11.8. The first-order valence-electron chi connectivity index (χ1n) is 6.71. The predicted octanol–water partition coefficient (Wildman–Crippen LogP) is 4.76. The molecule has 0 aliphatic heterocycles. The van der Waals surface area contributed by atoms with Crippen LogP contribution in [0.15, 0.2) is 41.3 Å². The van der Waals surface area contributed by atoms with E-state index in [0.717, 1.165) is 12.8 Å². The Hall–Kier alpha value is -1.41. The van der Waals surface area contributed by atoms with Gasteiger partial charge >= 0.3 is 0 Å². The largest absolute Gasteiger partial charge is 0.295 e. The van der Waals surface area contributed by atoms with Crippen LogP contribution in [0.2, 0.25) is 0 Å². The molecule has 2 heteroatoms. The van der Waals surface area contributed by atoms with Crippen LogP contribution in [0.1, 0.15) is 32.3 Å². The number of allylic oxidation sites excluding steroid dienone is 2. The van der Waals surface area contributed by atoms with Crippen molar-refractivity contribution >= 4 is 27.2 Å². The fraction of sp³-hybridized carbons (Fsp3) is 0.353. The molecule has 0 spiro atoms. The lowest BCUT2D eigenvalue weighted by Gasteiger charge is -2.28. The van der Waals surface area contributed by atoms with Crippen LogP contribution in [0.3, 0.4) is 0 Å². The van der Waals surface area contributed by atoms with E-state index in [-0.39, 0.29) is 11.2 Å². The molecule has 0 saturated carbocycles. The smallest absolute Gasteiger partial charge is 0.156 e. The maximum Gasteiger partial charge on any atom is 0.156 e. The fourth-order valence-electron chi connectivity index (χ4n) is 3.01. The molecule has 1 aliphatic carbocycles. The summed E-state index contributed by atoms with van der Waals surface area (Å²) in [6.45, 7) is 4.37. The standard InChI is InChI=1S/C17H18OS/c1-17(2)9-12(8-14(18)10-17)7-13-11-19-16-6-4-3-5-15(13)16/h3-6,8,11H,7,9-10H2,1-2H3. The molecule has 3 rings (SSSR count). The zero-order valence-corrected chi connectivity index (χ0v) is 12.2. The van der Waals surface area contributed by atoms with E-state index in [1.807, 2.05) is 6.08 Å². The zero-order valence-electron chi connectivity index (χ0n) is 11.4. The van der Waals surface area contributed by atoms with E-state index in [2.05, 4.69) is 43.5 Å². The van der Waals surface area contributed by atoms with Crippen molar-refractivity contribution in [3.8, 4) is 0 Å². The number of thiophene rings is 1. The minimum atomic E-state index is 0.118. The van der Waals surface area contributed by atoms with E-state index < -0.39 is 0 Å². The Morgan fingerprint density at radius 3 is 2.79 bits per heavy atom. The lowest BCUT2D eigenvalue weighted by molar-refractivity contribution is -0.117. The van der Waals surface area contributed by atoms with E-state index in [0.29, 0.717) is 6.42 Å². The molecule has 0 atom stereocenters. The number of hydrogen-bond donors (Lipinski definition) is 0. The van der Waals surface area contributed by atoms with Crippen molar-refractivity contribution < 1.29 is 4.79 Å². The van der Waals surface area contributed by atoms with Gasteiger partial charge in [-0.25, -0.2) is 0 Å². The summed E-state index contributed by atoms with van der Waals surface area (Å²) in [5, 5.41) is 3.57. The number of fused-ring (bicyclic) bond motifs is 1. The lowest BCUT2D eigenvalue weighted by Crippen LogP contribution is -2.22. The van der Waals surface area contributed by atoms with Crippen molar-refractivity contribution in [1.29, 1.82) is 0 Å². The third-order valence-corrected chi connectivity index (χ3v) is 4.71. The van der Waals surface area contributed by atoms with Crippen LogP contribution in [0.25, 0.3) is 10.1 Å². The van der Waals surface area contributed by atoms with Gasteiger partial charge in [0.2, 0.25) is 0 Å². The van der Waals surface area contributed by atoms with Gasteiger partial charge in [-0.2, -0.15) is 0 Å². The Kier molecular flexibility index (Phi) is 3.06.